The molecule has 0 bridgehead atoms. The molecular formula is C31H36O3. The first-order valence-corrected chi connectivity index (χ1v) is 12.8. The van der Waals surface area contributed by atoms with Gasteiger partial charge >= 0.3 is 0 Å². The fourth-order valence-electron chi connectivity index (χ4n) is 6.98. The smallest absolute Gasteiger partial charge is 0.158 e. The molecule has 34 heavy (non-hydrogen) atoms. The summed E-state index contributed by atoms with van der Waals surface area (Å²) in [4.78, 5) is 11.9. The van der Waals surface area contributed by atoms with Crippen LogP contribution in [0.15, 0.2) is 58.7 Å². The molecule has 0 amide bonds. The lowest BCUT2D eigenvalue weighted by molar-refractivity contribution is -0.116. The highest BCUT2D eigenvalue weighted by molar-refractivity contribution is 5.97. The van der Waals surface area contributed by atoms with E-state index in [4.69, 9.17) is 0 Å². The monoisotopic (exact) mass is 456 g/mol. The number of carbonyl (C=O) groups excluding carboxylic acids is 1. The first-order chi connectivity index (χ1) is 16.3. The molecule has 178 valence electrons. The highest BCUT2D eigenvalue weighted by Crippen LogP contribution is 2.49. The molecular weight excluding hydrogens is 420 g/mol. The van der Waals surface area contributed by atoms with Gasteiger partial charge in [-0.1, -0.05) is 35.8 Å². The molecule has 0 aliphatic heterocycles. The van der Waals surface area contributed by atoms with Gasteiger partial charge in [0.25, 0.3) is 0 Å². The summed E-state index contributed by atoms with van der Waals surface area (Å²) >= 11 is 0. The summed E-state index contributed by atoms with van der Waals surface area (Å²) in [5.41, 5.74) is 11.0. The third kappa shape index (κ3) is 3.89. The minimum Gasteiger partial charge on any atom is -0.508 e. The molecule has 3 heteroatoms. The Morgan fingerprint density at radius 2 is 1.56 bits per heavy atom. The molecule has 0 spiro atoms. The van der Waals surface area contributed by atoms with Crippen molar-refractivity contribution in [2.45, 2.75) is 89.9 Å². The van der Waals surface area contributed by atoms with Crippen molar-refractivity contribution in [3.05, 3.63) is 80.9 Å². The lowest BCUT2D eigenvalue weighted by Gasteiger charge is -2.42. The number of fused-ring (bicyclic) bond motifs is 6. The van der Waals surface area contributed by atoms with Gasteiger partial charge in [-0.2, -0.15) is 0 Å². The van der Waals surface area contributed by atoms with Crippen LogP contribution in [0.1, 0.15) is 93.9 Å². The predicted octanol–water partition coefficient (Wildman–Crippen LogP) is 7.20. The summed E-state index contributed by atoms with van der Waals surface area (Å²) in [5, 5.41) is 19.1. The molecule has 2 aromatic rings. The normalized spacial score (nSPS) is 25.5. The van der Waals surface area contributed by atoms with Crippen LogP contribution in [0.25, 0.3) is 0 Å². The van der Waals surface area contributed by atoms with Crippen LogP contribution in [0, 0.1) is 0 Å². The van der Waals surface area contributed by atoms with Gasteiger partial charge < -0.3 is 10.2 Å². The second-order valence-corrected chi connectivity index (χ2v) is 10.8. The van der Waals surface area contributed by atoms with Gasteiger partial charge in [0.2, 0.25) is 0 Å². The molecule has 0 saturated carbocycles. The topological polar surface area (TPSA) is 57.5 Å². The van der Waals surface area contributed by atoms with Crippen molar-refractivity contribution >= 4 is 5.78 Å². The average Bonchev–Trinajstić information content (AvgIpc) is 2.82. The minimum absolute atomic E-state index is 0.000718. The predicted molar refractivity (Wildman–Crippen MR) is 136 cm³/mol. The number of carbonyl (C=O) groups is 1. The van der Waals surface area contributed by atoms with Crippen LogP contribution in [0.3, 0.4) is 0 Å². The zero-order valence-corrected chi connectivity index (χ0v) is 20.7. The van der Waals surface area contributed by atoms with Gasteiger partial charge in [0.15, 0.2) is 5.78 Å². The third-order valence-electron chi connectivity index (χ3n) is 8.90. The van der Waals surface area contributed by atoms with Gasteiger partial charge in [0.1, 0.15) is 11.5 Å². The maximum Gasteiger partial charge on any atom is 0.158 e. The van der Waals surface area contributed by atoms with E-state index in [0.29, 0.717) is 29.6 Å². The molecule has 0 heterocycles. The van der Waals surface area contributed by atoms with Crippen LogP contribution in [0.5, 0.6) is 11.5 Å². The molecule has 2 unspecified atom stereocenters. The molecule has 3 nitrogen and oxygen atoms in total. The Labute approximate surface area is 203 Å². The number of Topliss-reactive ketones (excluding diaryl/α,β-unsaturated/α-hetero) is 1. The summed E-state index contributed by atoms with van der Waals surface area (Å²) < 4.78 is 0. The van der Waals surface area contributed by atoms with Gasteiger partial charge in [-0.3, -0.25) is 4.79 Å². The van der Waals surface area contributed by atoms with E-state index in [1.807, 2.05) is 31.2 Å². The van der Waals surface area contributed by atoms with E-state index in [1.54, 1.807) is 17.2 Å². The van der Waals surface area contributed by atoms with Crippen LogP contribution in [-0.4, -0.2) is 16.0 Å². The first kappa shape index (κ1) is 23.0. The Bertz CT molecular complexity index is 1220. The zero-order chi connectivity index (χ0) is 24.0. The molecule has 2 atom stereocenters. The van der Waals surface area contributed by atoms with Crippen molar-refractivity contribution in [1.82, 2.24) is 0 Å². The summed E-state index contributed by atoms with van der Waals surface area (Å²) in [5.74, 6) is 1.72. The second kappa shape index (κ2) is 8.76. The van der Waals surface area contributed by atoms with Gasteiger partial charge in [-0.15, -0.1) is 0 Å². The summed E-state index contributed by atoms with van der Waals surface area (Å²) in [7, 11) is 0. The van der Waals surface area contributed by atoms with Gasteiger partial charge in [0, 0.05) is 17.8 Å². The lowest BCUT2D eigenvalue weighted by atomic mass is 9.61. The number of phenolic OH excluding ortho intramolecular Hbond substituents is 2. The molecule has 0 radical (unpaired) electrons. The quantitative estimate of drug-likeness (QED) is 0.412. The van der Waals surface area contributed by atoms with E-state index >= 15 is 0 Å². The SMILES string of the molecule is CC1=C2CCc3cc(O)ccc3C2(C)CCC1=O.CC1=C2CCc3cc(O)ccc3C2CCC1. The van der Waals surface area contributed by atoms with Crippen LogP contribution in [0.4, 0.5) is 0 Å². The number of allylic oxidation sites excluding steroid dienone is 4. The Morgan fingerprint density at radius 3 is 2.35 bits per heavy atom. The van der Waals surface area contributed by atoms with E-state index < -0.39 is 0 Å². The summed E-state index contributed by atoms with van der Waals surface area (Å²) in [6, 6.07) is 11.6. The Balaban J connectivity index is 0.000000142. The first-order valence-electron chi connectivity index (χ1n) is 12.8. The standard InChI is InChI=1S/C16H18O2.C15H18O/c1-10-13-5-3-11-9-12(17)4-6-14(11)16(13,2)8-7-15(10)18;1-10-3-2-4-15-13(10)7-5-11-9-12(16)6-8-14(11)15/h4,6,9,17H,3,5,7-8H2,1-2H3;6,8-9,15-16H,2-5,7H2,1H3. The molecule has 4 aliphatic rings. The van der Waals surface area contributed by atoms with Gasteiger partial charge in [0.05, 0.1) is 0 Å². The fraction of sp³-hybridized carbons (Fsp3) is 0.452. The van der Waals surface area contributed by atoms with E-state index in [0.717, 1.165) is 31.3 Å². The van der Waals surface area contributed by atoms with Crippen LogP contribution in [0.2, 0.25) is 0 Å². The maximum atomic E-state index is 11.9. The Hall–Kier alpha value is -2.81. The average molecular weight is 457 g/mol. The van der Waals surface area contributed by atoms with Crippen molar-refractivity contribution in [2.24, 2.45) is 0 Å². The molecule has 0 saturated heterocycles. The number of aromatic hydroxyl groups is 2. The Morgan fingerprint density at radius 1 is 0.853 bits per heavy atom. The maximum absolute atomic E-state index is 11.9. The number of ketones is 1. The number of aryl methyl sites for hydroxylation is 2. The molecule has 0 fully saturated rings. The number of benzene rings is 2. The summed E-state index contributed by atoms with van der Waals surface area (Å²) in [6.07, 6.45) is 9.64. The lowest BCUT2D eigenvalue weighted by Crippen LogP contribution is -2.35. The molecule has 0 aromatic heterocycles. The van der Waals surface area contributed by atoms with Crippen molar-refractivity contribution in [3.8, 4) is 11.5 Å². The van der Waals surface area contributed by atoms with E-state index in [9.17, 15) is 15.0 Å². The van der Waals surface area contributed by atoms with Gasteiger partial charge in [-0.25, -0.2) is 0 Å². The zero-order valence-electron chi connectivity index (χ0n) is 20.7. The van der Waals surface area contributed by atoms with Crippen LogP contribution < -0.4 is 0 Å². The third-order valence-corrected chi connectivity index (χ3v) is 8.90. The highest BCUT2D eigenvalue weighted by Gasteiger charge is 2.41. The van der Waals surface area contributed by atoms with E-state index in [1.165, 1.54) is 53.5 Å². The van der Waals surface area contributed by atoms with Crippen molar-refractivity contribution < 1.29 is 15.0 Å². The van der Waals surface area contributed by atoms with Crippen molar-refractivity contribution in [2.75, 3.05) is 0 Å². The second-order valence-electron chi connectivity index (χ2n) is 10.8. The fourth-order valence-corrected chi connectivity index (χ4v) is 6.98. The molecule has 2 N–H and O–H groups in total. The molecule has 2 aromatic carbocycles. The number of phenols is 2. The largest absolute Gasteiger partial charge is 0.508 e. The van der Waals surface area contributed by atoms with E-state index in [2.05, 4.69) is 19.9 Å². The van der Waals surface area contributed by atoms with Crippen molar-refractivity contribution in [3.63, 3.8) is 0 Å². The summed E-state index contributed by atoms with van der Waals surface area (Å²) in [6.45, 7) is 6.51. The van der Waals surface area contributed by atoms with Crippen molar-refractivity contribution in [1.29, 1.82) is 0 Å². The Kier molecular flexibility index (Phi) is 5.91. The number of hydrogen-bond acceptors (Lipinski definition) is 3. The van der Waals surface area contributed by atoms with Crippen LogP contribution in [-0.2, 0) is 23.1 Å². The van der Waals surface area contributed by atoms with E-state index in [-0.39, 0.29) is 5.41 Å². The molecule has 4 aliphatic carbocycles. The molecule has 6 rings (SSSR count). The van der Waals surface area contributed by atoms with Gasteiger partial charge in [-0.05, 0) is 117 Å². The number of hydrogen-bond donors (Lipinski definition) is 2. The van der Waals surface area contributed by atoms with Crippen LogP contribution >= 0.6 is 0 Å². The minimum atomic E-state index is -0.000718. The highest BCUT2D eigenvalue weighted by atomic mass is 16.3. The number of rotatable bonds is 0.